The summed E-state index contributed by atoms with van der Waals surface area (Å²) in [5, 5.41) is 24.1. The number of carbonyl (C=O) groups is 1. The van der Waals surface area contributed by atoms with Crippen molar-refractivity contribution in [1.82, 2.24) is 15.0 Å². The van der Waals surface area contributed by atoms with Gasteiger partial charge in [0, 0.05) is 16.0 Å². The highest BCUT2D eigenvalue weighted by Gasteiger charge is 2.23. The van der Waals surface area contributed by atoms with Crippen molar-refractivity contribution in [3.8, 4) is 0 Å². The summed E-state index contributed by atoms with van der Waals surface area (Å²) in [6, 6.07) is 6.98. The van der Waals surface area contributed by atoms with Crippen molar-refractivity contribution < 1.29 is 45.4 Å². The Bertz CT molecular complexity index is 1980. The van der Waals surface area contributed by atoms with Gasteiger partial charge in [-0.1, -0.05) is 5.04 Å². The number of fused-ring (bicyclic) bond motifs is 1. The van der Waals surface area contributed by atoms with Gasteiger partial charge in [-0.25, -0.2) is 10.1 Å². The van der Waals surface area contributed by atoms with Crippen molar-refractivity contribution in [2.75, 3.05) is 16.4 Å². The van der Waals surface area contributed by atoms with Crippen LogP contribution in [0.2, 0.25) is 5.28 Å². The van der Waals surface area contributed by atoms with Gasteiger partial charge in [-0.2, -0.15) is 31.8 Å². The molecule has 9 N–H and O–H groups in total. The number of hydrogen-bond acceptors (Lipinski definition) is 16. The highest BCUT2D eigenvalue weighted by Crippen LogP contribution is 2.38. The van der Waals surface area contributed by atoms with E-state index in [9.17, 15) is 30.7 Å². The molecule has 3 aromatic carbocycles. The van der Waals surface area contributed by atoms with E-state index in [1.807, 2.05) is 0 Å². The molecule has 4 rings (SSSR count). The van der Waals surface area contributed by atoms with Gasteiger partial charge in [0.1, 0.15) is 21.2 Å². The lowest BCUT2D eigenvalue weighted by Gasteiger charge is -2.11. The van der Waals surface area contributed by atoms with Crippen LogP contribution in [0.4, 0.5) is 39.4 Å². The number of hydrogen-bond donors (Lipinski definition) is 7. The molecule has 226 valence electrons. The molecule has 0 spiro atoms. The molecule has 0 fully saturated rings. The number of nitrogen functional groups attached to an aromatic ring is 1. The fraction of sp³-hybridized carbons (Fsp3) is 0. The van der Waals surface area contributed by atoms with Crippen LogP contribution in [-0.4, -0.2) is 52.2 Å². The van der Waals surface area contributed by atoms with Crippen LogP contribution in [0, 0.1) is 0 Å². The molecule has 1 aromatic heterocycles. The SMILES string of the molecule is NC(=O)Nc1cc(Nc2nc(N)nc(Cl)n2)ccc1N=Nc1cc2c(S(=O)(=O)O)cc(SOOO)cc2cc1S(=O)(=O)O. The van der Waals surface area contributed by atoms with Crippen molar-refractivity contribution in [3.63, 3.8) is 0 Å². The largest absolute Gasteiger partial charge is 0.368 e. The summed E-state index contributed by atoms with van der Waals surface area (Å²) < 4.78 is 72.6. The van der Waals surface area contributed by atoms with Gasteiger partial charge in [-0.3, -0.25) is 9.11 Å². The summed E-state index contributed by atoms with van der Waals surface area (Å²) in [4.78, 5) is 21.4. The smallest absolute Gasteiger partial charge is 0.316 e. The van der Waals surface area contributed by atoms with E-state index in [1.54, 1.807) is 0 Å². The summed E-state index contributed by atoms with van der Waals surface area (Å²) in [5.74, 6) is -0.217. The number of rotatable bonds is 10. The third kappa shape index (κ3) is 7.98. The fourth-order valence-electron chi connectivity index (χ4n) is 3.51. The van der Waals surface area contributed by atoms with Crippen LogP contribution >= 0.6 is 23.6 Å². The lowest BCUT2D eigenvalue weighted by Crippen LogP contribution is -2.19. The van der Waals surface area contributed by atoms with Crippen molar-refractivity contribution in [2.45, 2.75) is 14.7 Å². The van der Waals surface area contributed by atoms with Crippen LogP contribution in [0.1, 0.15) is 0 Å². The van der Waals surface area contributed by atoms with Gasteiger partial charge in [-0.05, 0) is 59.5 Å². The molecule has 0 aliphatic heterocycles. The van der Waals surface area contributed by atoms with E-state index in [4.69, 9.17) is 28.3 Å². The number of nitrogens with two attached hydrogens (primary N) is 2. The maximum Gasteiger partial charge on any atom is 0.316 e. The van der Waals surface area contributed by atoms with E-state index in [1.165, 1.54) is 24.3 Å². The molecular formula is C20H16ClN9O10S3. The third-order valence-corrected chi connectivity index (χ3v) is 7.59. The average molecular weight is 674 g/mol. The molecule has 2 amide bonds. The van der Waals surface area contributed by atoms with E-state index in [2.05, 4.69) is 45.2 Å². The Hall–Kier alpha value is -4.26. The number of azo groups is 1. The first-order valence-electron chi connectivity index (χ1n) is 10.9. The number of nitrogens with zero attached hydrogens (tertiary/aromatic N) is 5. The summed E-state index contributed by atoms with van der Waals surface area (Å²) in [6.45, 7) is 0. The van der Waals surface area contributed by atoms with Crippen LogP contribution in [0.25, 0.3) is 10.8 Å². The van der Waals surface area contributed by atoms with E-state index in [-0.39, 0.29) is 49.9 Å². The minimum Gasteiger partial charge on any atom is -0.368 e. The number of benzene rings is 3. The highest BCUT2D eigenvalue weighted by molar-refractivity contribution is 7.94. The standard InChI is InChI=1S/C20H16ClN9O10S3/c21-17-26-18(22)28-20(27-17)24-9-1-2-12(13(5-9)25-19(23)31)29-30-14-7-11-8(4-16(14)43(36,37)38)3-10(41-40-39-32)6-15(11)42(33,34)35/h1-7,32H,(H3,23,25,31)(H,33,34,35)(H,36,37,38)(H3,22,24,26,27,28). The Morgan fingerprint density at radius 1 is 0.953 bits per heavy atom. The van der Waals surface area contributed by atoms with Gasteiger partial charge in [0.15, 0.2) is 0 Å². The Balaban J connectivity index is 1.83. The summed E-state index contributed by atoms with van der Waals surface area (Å²) >= 11 is 6.10. The van der Waals surface area contributed by atoms with Crippen LogP contribution in [0.5, 0.6) is 0 Å². The number of halogens is 1. The number of anilines is 4. The van der Waals surface area contributed by atoms with Gasteiger partial charge >= 0.3 is 6.03 Å². The fourth-order valence-corrected chi connectivity index (χ4v) is 5.57. The maximum absolute atomic E-state index is 12.2. The minimum atomic E-state index is -4.99. The highest BCUT2D eigenvalue weighted by atomic mass is 35.5. The monoisotopic (exact) mass is 673 g/mol. The predicted octanol–water partition coefficient (Wildman–Crippen LogP) is 3.83. The molecule has 0 atom stereocenters. The zero-order valence-electron chi connectivity index (χ0n) is 20.7. The van der Waals surface area contributed by atoms with Crippen molar-refractivity contribution >= 4 is 95.3 Å². The number of nitrogens with one attached hydrogen (secondary N) is 2. The summed E-state index contributed by atoms with van der Waals surface area (Å²) in [5.41, 5.74) is 10.4. The molecule has 0 aliphatic rings. The van der Waals surface area contributed by atoms with Crippen LogP contribution in [0.15, 0.2) is 67.4 Å². The topological polar surface area (TPSA) is 304 Å². The second kappa shape index (κ2) is 12.5. The van der Waals surface area contributed by atoms with Crippen molar-refractivity contribution in [3.05, 3.63) is 47.7 Å². The lowest BCUT2D eigenvalue weighted by atomic mass is 10.1. The lowest BCUT2D eigenvalue weighted by molar-refractivity contribution is -0.432. The van der Waals surface area contributed by atoms with Gasteiger partial charge in [0.25, 0.3) is 20.2 Å². The second-order valence-electron chi connectivity index (χ2n) is 7.97. The molecule has 0 radical (unpaired) electrons. The molecule has 0 saturated carbocycles. The number of primary amides is 1. The average Bonchev–Trinajstić information content (AvgIpc) is 2.88. The minimum absolute atomic E-state index is 0.0440. The zero-order valence-corrected chi connectivity index (χ0v) is 23.9. The Kier molecular flexibility index (Phi) is 9.24. The summed E-state index contributed by atoms with van der Waals surface area (Å²) in [6.07, 6.45) is 0. The molecule has 0 unspecified atom stereocenters. The zero-order chi connectivity index (χ0) is 31.5. The Morgan fingerprint density at radius 2 is 1.65 bits per heavy atom. The van der Waals surface area contributed by atoms with E-state index in [0.29, 0.717) is 12.0 Å². The molecule has 1 heterocycles. The summed E-state index contributed by atoms with van der Waals surface area (Å²) in [7, 11) is -9.91. The molecule has 19 nitrogen and oxygen atoms in total. The molecule has 0 aliphatic carbocycles. The van der Waals surface area contributed by atoms with Crippen LogP contribution in [0.3, 0.4) is 0 Å². The molecule has 23 heteroatoms. The predicted molar refractivity (Wildman–Crippen MR) is 151 cm³/mol. The first-order chi connectivity index (χ1) is 20.1. The maximum atomic E-state index is 12.2. The normalized spacial score (nSPS) is 12.1. The van der Waals surface area contributed by atoms with E-state index in [0.717, 1.165) is 18.2 Å². The molecule has 0 bridgehead atoms. The first-order valence-corrected chi connectivity index (χ1v) is 14.9. The van der Waals surface area contributed by atoms with E-state index < -0.39 is 41.7 Å². The van der Waals surface area contributed by atoms with Crippen LogP contribution < -0.4 is 22.1 Å². The van der Waals surface area contributed by atoms with Crippen molar-refractivity contribution in [1.29, 1.82) is 0 Å². The Morgan fingerprint density at radius 3 is 2.28 bits per heavy atom. The number of aromatic nitrogens is 3. The first kappa shape index (κ1) is 31.7. The molecular weight excluding hydrogens is 658 g/mol. The van der Waals surface area contributed by atoms with E-state index >= 15 is 0 Å². The number of urea groups is 1. The number of amides is 2. The quantitative estimate of drug-likeness (QED) is 0.0413. The molecule has 43 heavy (non-hydrogen) atoms. The molecule has 4 aromatic rings. The van der Waals surface area contributed by atoms with Gasteiger partial charge in [0.2, 0.25) is 17.2 Å². The van der Waals surface area contributed by atoms with Gasteiger partial charge in [-0.15, -0.1) is 14.6 Å². The van der Waals surface area contributed by atoms with Crippen LogP contribution in [-0.2, 0) is 29.6 Å². The van der Waals surface area contributed by atoms with Gasteiger partial charge < -0.3 is 22.1 Å². The number of carbonyl (C=O) groups excluding carboxylic acids is 1. The third-order valence-electron chi connectivity index (χ3n) is 5.09. The van der Waals surface area contributed by atoms with Crippen molar-refractivity contribution in [2.24, 2.45) is 16.0 Å². The second-order valence-corrected chi connectivity index (χ2v) is 11.9. The Labute approximate surface area is 249 Å². The molecule has 0 saturated heterocycles. The van der Waals surface area contributed by atoms with Gasteiger partial charge in [0.05, 0.1) is 17.7 Å².